The Morgan fingerprint density at radius 2 is 2.11 bits per heavy atom. The molecule has 2 aromatic heterocycles. The number of rotatable bonds is 5. The van der Waals surface area contributed by atoms with Gasteiger partial charge in [-0.15, -0.1) is 22.7 Å². The van der Waals surface area contributed by atoms with Crippen molar-refractivity contribution in [3.05, 3.63) is 78.9 Å². The minimum atomic E-state index is -0.343. The molecule has 1 aliphatic rings. The first-order valence-electron chi connectivity index (χ1n) is 9.05. The summed E-state index contributed by atoms with van der Waals surface area (Å²) < 4.78 is 14.1. The molecule has 0 spiro atoms. The second-order valence-corrected chi connectivity index (χ2v) is 9.31. The predicted molar refractivity (Wildman–Crippen MR) is 114 cm³/mol. The molecule has 3 aromatic rings. The minimum Gasteiger partial charge on any atom is -0.329 e. The quantitative estimate of drug-likeness (QED) is 0.550. The zero-order valence-corrected chi connectivity index (χ0v) is 17.8. The maximum Gasteiger partial charge on any atom is 0.237 e. The molecule has 0 saturated heterocycles. The third kappa shape index (κ3) is 3.87. The summed E-state index contributed by atoms with van der Waals surface area (Å²) in [4.78, 5) is 19.5. The molecule has 0 bridgehead atoms. The molecule has 1 atom stereocenters. The highest BCUT2D eigenvalue weighted by Crippen LogP contribution is 2.39. The summed E-state index contributed by atoms with van der Waals surface area (Å²) in [5.74, 6) is -0.297. The van der Waals surface area contributed by atoms with Crippen LogP contribution < -0.4 is 0 Å². The topological polar surface area (TPSA) is 23.6 Å². The third-order valence-electron chi connectivity index (χ3n) is 4.99. The lowest BCUT2D eigenvalue weighted by atomic mass is 9.98. The van der Waals surface area contributed by atoms with Gasteiger partial charge >= 0.3 is 0 Å². The van der Waals surface area contributed by atoms with Gasteiger partial charge in [-0.3, -0.25) is 9.69 Å². The Kier molecular flexibility index (Phi) is 5.83. The van der Waals surface area contributed by atoms with Crippen molar-refractivity contribution >= 4 is 40.2 Å². The molecule has 1 unspecified atom stereocenters. The van der Waals surface area contributed by atoms with Crippen LogP contribution in [0, 0.1) is 5.82 Å². The zero-order valence-electron chi connectivity index (χ0n) is 15.4. The van der Waals surface area contributed by atoms with Gasteiger partial charge in [-0.1, -0.05) is 23.7 Å². The van der Waals surface area contributed by atoms with Crippen LogP contribution in [0.4, 0.5) is 4.39 Å². The Hall–Kier alpha value is -1.73. The predicted octanol–water partition coefficient (Wildman–Crippen LogP) is 5.21. The van der Waals surface area contributed by atoms with Crippen LogP contribution in [-0.4, -0.2) is 35.8 Å². The van der Waals surface area contributed by atoms with Crippen LogP contribution in [0.2, 0.25) is 5.02 Å². The number of hydrogen-bond donors (Lipinski definition) is 0. The molecule has 0 radical (unpaired) electrons. The number of thiophene rings is 2. The summed E-state index contributed by atoms with van der Waals surface area (Å²) in [5.41, 5.74) is 1.65. The van der Waals surface area contributed by atoms with Crippen LogP contribution in [0.15, 0.2) is 47.2 Å². The molecule has 28 heavy (non-hydrogen) atoms. The van der Waals surface area contributed by atoms with Crippen molar-refractivity contribution < 1.29 is 9.18 Å². The zero-order chi connectivity index (χ0) is 19.7. The van der Waals surface area contributed by atoms with Crippen molar-refractivity contribution in [2.75, 3.05) is 20.1 Å². The Labute approximate surface area is 177 Å². The van der Waals surface area contributed by atoms with E-state index >= 15 is 0 Å². The number of fused-ring (bicyclic) bond motifs is 1. The van der Waals surface area contributed by atoms with Crippen molar-refractivity contribution in [3.8, 4) is 0 Å². The lowest BCUT2D eigenvalue weighted by molar-refractivity contribution is -0.134. The number of halogens is 2. The SMILES string of the molecule is CN(CC(=O)N1CCc2sccc2C1c1cccs1)Cc1c(F)cccc1Cl. The molecule has 0 saturated carbocycles. The summed E-state index contributed by atoms with van der Waals surface area (Å²) in [5, 5.41) is 4.54. The van der Waals surface area contributed by atoms with Crippen molar-refractivity contribution in [1.82, 2.24) is 9.80 Å². The van der Waals surface area contributed by atoms with Crippen LogP contribution >= 0.6 is 34.3 Å². The van der Waals surface area contributed by atoms with Gasteiger partial charge in [-0.2, -0.15) is 0 Å². The van der Waals surface area contributed by atoms with Crippen molar-refractivity contribution in [2.24, 2.45) is 0 Å². The number of nitrogens with zero attached hydrogens (tertiary/aromatic N) is 2. The molecule has 1 aromatic carbocycles. The largest absolute Gasteiger partial charge is 0.329 e. The van der Waals surface area contributed by atoms with E-state index in [2.05, 4.69) is 17.5 Å². The van der Waals surface area contributed by atoms with Crippen molar-refractivity contribution in [3.63, 3.8) is 0 Å². The van der Waals surface area contributed by atoms with E-state index in [9.17, 15) is 9.18 Å². The molecule has 4 rings (SSSR count). The van der Waals surface area contributed by atoms with Crippen LogP contribution in [0.1, 0.15) is 26.9 Å². The summed E-state index contributed by atoms with van der Waals surface area (Å²) >= 11 is 9.57. The van der Waals surface area contributed by atoms with Gasteiger partial charge in [0.2, 0.25) is 5.91 Å². The highest BCUT2D eigenvalue weighted by molar-refractivity contribution is 7.10. The second kappa shape index (κ2) is 8.33. The second-order valence-electron chi connectivity index (χ2n) is 6.93. The molecule has 7 heteroatoms. The lowest BCUT2D eigenvalue weighted by Gasteiger charge is -2.36. The number of benzene rings is 1. The molecule has 0 fully saturated rings. The highest BCUT2D eigenvalue weighted by atomic mass is 35.5. The smallest absolute Gasteiger partial charge is 0.237 e. The Morgan fingerprint density at radius 1 is 1.25 bits per heavy atom. The number of hydrogen-bond acceptors (Lipinski definition) is 4. The van der Waals surface area contributed by atoms with E-state index in [-0.39, 0.29) is 24.3 Å². The Bertz CT molecular complexity index is 952. The molecule has 0 N–H and O–H groups in total. The average molecular weight is 435 g/mol. The number of likely N-dealkylation sites (N-methyl/N-ethyl adjacent to an activating group) is 1. The molecule has 1 aliphatic heterocycles. The molecule has 3 heterocycles. The fourth-order valence-electron chi connectivity index (χ4n) is 3.67. The van der Waals surface area contributed by atoms with E-state index < -0.39 is 0 Å². The van der Waals surface area contributed by atoms with Crippen LogP contribution in [0.5, 0.6) is 0 Å². The molecule has 146 valence electrons. The fourth-order valence-corrected chi connectivity index (χ4v) is 5.65. The number of amides is 1. The van der Waals surface area contributed by atoms with E-state index in [0.29, 0.717) is 23.7 Å². The van der Waals surface area contributed by atoms with Crippen LogP contribution in [-0.2, 0) is 17.8 Å². The van der Waals surface area contributed by atoms with Gasteiger partial charge in [0.05, 0.1) is 12.6 Å². The monoisotopic (exact) mass is 434 g/mol. The molecular formula is C21H20ClFN2OS2. The summed E-state index contributed by atoms with van der Waals surface area (Å²) in [6.07, 6.45) is 0.878. The maximum atomic E-state index is 14.1. The van der Waals surface area contributed by atoms with Gasteiger partial charge in [0, 0.05) is 33.4 Å². The summed E-state index contributed by atoms with van der Waals surface area (Å²) in [6.45, 7) is 1.20. The van der Waals surface area contributed by atoms with Gasteiger partial charge in [0.1, 0.15) is 5.82 Å². The lowest BCUT2D eigenvalue weighted by Crippen LogP contribution is -2.44. The minimum absolute atomic E-state index is 0.0343. The summed E-state index contributed by atoms with van der Waals surface area (Å²) in [7, 11) is 1.82. The van der Waals surface area contributed by atoms with Crippen LogP contribution in [0.3, 0.4) is 0 Å². The highest BCUT2D eigenvalue weighted by Gasteiger charge is 2.33. The standard InChI is InChI=1S/C21H20ClFN2OS2/c1-24(12-15-16(22)4-2-5-17(15)23)13-20(26)25-9-7-18-14(8-11-28-18)21(25)19-6-3-10-27-19/h2-6,8,10-11,21H,7,9,12-13H2,1H3. The van der Waals surface area contributed by atoms with E-state index in [1.807, 2.05) is 28.3 Å². The Morgan fingerprint density at radius 3 is 2.86 bits per heavy atom. The first-order chi connectivity index (χ1) is 13.5. The van der Waals surface area contributed by atoms with Gasteiger partial charge in [-0.25, -0.2) is 4.39 Å². The number of carbonyl (C=O) groups excluding carboxylic acids is 1. The first-order valence-corrected chi connectivity index (χ1v) is 11.2. The van der Waals surface area contributed by atoms with Crippen LogP contribution in [0.25, 0.3) is 0 Å². The summed E-state index contributed by atoms with van der Waals surface area (Å²) in [6, 6.07) is 10.9. The van der Waals surface area contributed by atoms with E-state index in [4.69, 9.17) is 11.6 Å². The third-order valence-corrected chi connectivity index (χ3v) is 7.27. The Balaban J connectivity index is 1.52. The first kappa shape index (κ1) is 19.6. The van der Waals surface area contributed by atoms with Gasteiger partial charge < -0.3 is 4.90 Å². The average Bonchev–Trinajstić information content (AvgIpc) is 3.35. The normalized spacial score (nSPS) is 16.4. The molecule has 0 aliphatic carbocycles. The molecular weight excluding hydrogens is 415 g/mol. The van der Waals surface area contributed by atoms with Gasteiger partial charge in [0.15, 0.2) is 0 Å². The van der Waals surface area contributed by atoms with E-state index in [0.717, 1.165) is 6.42 Å². The van der Waals surface area contributed by atoms with Crippen molar-refractivity contribution in [2.45, 2.75) is 19.0 Å². The van der Waals surface area contributed by atoms with Crippen molar-refractivity contribution in [1.29, 1.82) is 0 Å². The maximum absolute atomic E-state index is 14.1. The van der Waals surface area contributed by atoms with E-state index in [1.54, 1.807) is 34.8 Å². The van der Waals surface area contributed by atoms with E-state index in [1.165, 1.54) is 21.4 Å². The molecule has 1 amide bonds. The van der Waals surface area contributed by atoms with Gasteiger partial charge in [0.25, 0.3) is 0 Å². The number of carbonyl (C=O) groups is 1. The fraction of sp³-hybridized carbons (Fsp3) is 0.286. The van der Waals surface area contributed by atoms with Gasteiger partial charge in [-0.05, 0) is 54.1 Å². The molecule has 3 nitrogen and oxygen atoms in total.